The normalized spacial score (nSPS) is 10.6. The lowest BCUT2D eigenvalue weighted by atomic mass is 10.1. The Balaban J connectivity index is 2.04. The van der Waals surface area contributed by atoms with E-state index in [4.69, 9.17) is 5.73 Å². The monoisotopic (exact) mass is 255 g/mol. The summed E-state index contributed by atoms with van der Waals surface area (Å²) in [6.07, 6.45) is 4.37. The van der Waals surface area contributed by atoms with Crippen LogP contribution in [0.1, 0.15) is 0 Å². The Kier molecular flexibility index (Phi) is 2.68. The van der Waals surface area contributed by atoms with E-state index in [1.165, 1.54) is 4.68 Å². The highest BCUT2D eigenvalue weighted by Crippen LogP contribution is 2.19. The van der Waals surface area contributed by atoms with Crippen LogP contribution >= 0.6 is 0 Å². The van der Waals surface area contributed by atoms with E-state index in [1.54, 1.807) is 12.4 Å². The van der Waals surface area contributed by atoms with E-state index in [0.717, 1.165) is 17.3 Å². The predicted molar refractivity (Wildman–Crippen MR) is 69.0 cm³/mol. The molecule has 0 saturated carbocycles. The highest BCUT2D eigenvalue weighted by Gasteiger charge is 2.10. The molecule has 5 nitrogen and oxygen atoms in total. The highest BCUT2D eigenvalue weighted by molar-refractivity contribution is 5.61. The van der Waals surface area contributed by atoms with Gasteiger partial charge in [0.15, 0.2) is 11.6 Å². The molecule has 19 heavy (non-hydrogen) atoms. The Morgan fingerprint density at radius 2 is 1.84 bits per heavy atom. The minimum absolute atomic E-state index is 0.00756. The quantitative estimate of drug-likeness (QED) is 0.760. The Bertz CT molecular complexity index is 708. The summed E-state index contributed by atoms with van der Waals surface area (Å²) in [4.78, 5) is 7.42. The maximum absolute atomic E-state index is 13.6. The Hall–Kier alpha value is -2.76. The van der Waals surface area contributed by atoms with Crippen molar-refractivity contribution < 1.29 is 4.39 Å². The lowest BCUT2D eigenvalue weighted by Crippen LogP contribution is -2.05. The third-order valence-corrected chi connectivity index (χ3v) is 2.65. The van der Waals surface area contributed by atoms with Crippen molar-refractivity contribution in [2.45, 2.75) is 0 Å². The van der Waals surface area contributed by atoms with Crippen molar-refractivity contribution in [1.82, 2.24) is 19.7 Å². The van der Waals surface area contributed by atoms with Gasteiger partial charge in [0, 0.05) is 11.8 Å². The zero-order valence-corrected chi connectivity index (χ0v) is 9.86. The summed E-state index contributed by atoms with van der Waals surface area (Å²) < 4.78 is 15.0. The summed E-state index contributed by atoms with van der Waals surface area (Å²) >= 11 is 0. The molecule has 2 N–H and O–H groups in total. The van der Waals surface area contributed by atoms with Crippen LogP contribution in [-0.4, -0.2) is 19.7 Å². The first-order chi connectivity index (χ1) is 9.24. The van der Waals surface area contributed by atoms with Crippen LogP contribution in [0.4, 0.5) is 10.3 Å². The Morgan fingerprint density at radius 1 is 1.05 bits per heavy atom. The van der Waals surface area contributed by atoms with Gasteiger partial charge in [0.25, 0.3) is 0 Å². The number of nitrogen functional groups attached to an aromatic ring is 1. The smallest absolute Gasteiger partial charge is 0.222 e. The van der Waals surface area contributed by atoms with Crippen molar-refractivity contribution in [3.05, 3.63) is 54.7 Å². The topological polar surface area (TPSA) is 69.6 Å². The van der Waals surface area contributed by atoms with Crippen LogP contribution in [0.25, 0.3) is 16.9 Å². The molecule has 0 unspecified atom stereocenters. The van der Waals surface area contributed by atoms with Gasteiger partial charge in [-0.25, -0.2) is 14.1 Å². The summed E-state index contributed by atoms with van der Waals surface area (Å²) in [6, 6.07) is 9.68. The minimum Gasteiger partial charge on any atom is -0.368 e. The number of anilines is 1. The predicted octanol–water partition coefficient (Wildman–Crippen LogP) is 2.05. The van der Waals surface area contributed by atoms with Crippen LogP contribution in [0.15, 0.2) is 48.9 Å². The van der Waals surface area contributed by atoms with Crippen molar-refractivity contribution in [2.24, 2.45) is 0 Å². The summed E-state index contributed by atoms with van der Waals surface area (Å²) in [5.74, 6) is -0.528. The molecule has 1 aromatic carbocycles. The van der Waals surface area contributed by atoms with Gasteiger partial charge in [-0.2, -0.15) is 10.1 Å². The molecule has 2 heterocycles. The molecule has 0 aliphatic rings. The molecule has 0 fully saturated rings. The molecule has 0 amide bonds. The zero-order chi connectivity index (χ0) is 13.2. The van der Waals surface area contributed by atoms with Gasteiger partial charge in [0.2, 0.25) is 5.95 Å². The third kappa shape index (κ3) is 2.15. The molecule has 0 saturated heterocycles. The fourth-order valence-electron chi connectivity index (χ4n) is 1.75. The maximum Gasteiger partial charge on any atom is 0.222 e. The van der Waals surface area contributed by atoms with Crippen LogP contribution in [0.2, 0.25) is 0 Å². The first kappa shape index (κ1) is 11.3. The van der Waals surface area contributed by atoms with Crippen LogP contribution in [0.3, 0.4) is 0 Å². The molecule has 0 aliphatic carbocycles. The van der Waals surface area contributed by atoms with Crippen molar-refractivity contribution in [1.29, 1.82) is 0 Å². The molecule has 0 radical (unpaired) electrons. The molecule has 0 spiro atoms. The number of hydrogen-bond donors (Lipinski definition) is 1. The minimum atomic E-state index is -0.572. The van der Waals surface area contributed by atoms with Crippen LogP contribution in [0, 0.1) is 5.82 Å². The third-order valence-electron chi connectivity index (χ3n) is 2.65. The molecule has 94 valence electrons. The second-order valence-corrected chi connectivity index (χ2v) is 3.94. The average Bonchev–Trinajstić information content (AvgIpc) is 2.92. The SMILES string of the molecule is Nc1ncc(F)c(-n2cc(-c3ccccc3)cn2)n1. The molecule has 3 rings (SSSR count). The van der Waals surface area contributed by atoms with Crippen molar-refractivity contribution >= 4 is 5.95 Å². The summed E-state index contributed by atoms with van der Waals surface area (Å²) in [5, 5.41) is 4.10. The van der Waals surface area contributed by atoms with E-state index in [0.29, 0.717) is 0 Å². The van der Waals surface area contributed by atoms with E-state index in [1.807, 2.05) is 30.3 Å². The fourth-order valence-corrected chi connectivity index (χ4v) is 1.75. The van der Waals surface area contributed by atoms with E-state index >= 15 is 0 Å². The van der Waals surface area contributed by atoms with Gasteiger partial charge in [0.05, 0.1) is 12.4 Å². The van der Waals surface area contributed by atoms with Crippen LogP contribution in [-0.2, 0) is 0 Å². The second-order valence-electron chi connectivity index (χ2n) is 3.94. The molecule has 2 aromatic heterocycles. The van der Waals surface area contributed by atoms with E-state index < -0.39 is 5.82 Å². The number of aromatic nitrogens is 4. The number of nitrogens with zero attached hydrogens (tertiary/aromatic N) is 4. The van der Waals surface area contributed by atoms with Crippen LogP contribution in [0.5, 0.6) is 0 Å². The van der Waals surface area contributed by atoms with Crippen LogP contribution < -0.4 is 5.73 Å². The maximum atomic E-state index is 13.6. The van der Waals surface area contributed by atoms with Gasteiger partial charge in [-0.05, 0) is 5.56 Å². The van der Waals surface area contributed by atoms with E-state index in [-0.39, 0.29) is 11.8 Å². The molecular formula is C13H10FN5. The van der Waals surface area contributed by atoms with Gasteiger partial charge in [-0.1, -0.05) is 30.3 Å². The lowest BCUT2D eigenvalue weighted by molar-refractivity contribution is 0.594. The highest BCUT2D eigenvalue weighted by atomic mass is 19.1. The van der Waals surface area contributed by atoms with Gasteiger partial charge >= 0.3 is 0 Å². The van der Waals surface area contributed by atoms with Crippen molar-refractivity contribution in [3.63, 3.8) is 0 Å². The molecular weight excluding hydrogens is 245 g/mol. The Morgan fingerprint density at radius 3 is 2.63 bits per heavy atom. The number of rotatable bonds is 2. The molecule has 6 heteroatoms. The first-order valence-electron chi connectivity index (χ1n) is 5.62. The van der Waals surface area contributed by atoms with Crippen molar-refractivity contribution in [3.8, 4) is 16.9 Å². The number of halogens is 1. The van der Waals surface area contributed by atoms with Gasteiger partial charge in [-0.15, -0.1) is 0 Å². The van der Waals surface area contributed by atoms with Gasteiger partial charge in [0.1, 0.15) is 0 Å². The van der Waals surface area contributed by atoms with Gasteiger partial charge < -0.3 is 5.73 Å². The number of benzene rings is 1. The average molecular weight is 255 g/mol. The second kappa shape index (κ2) is 4.49. The molecule has 3 aromatic rings. The lowest BCUT2D eigenvalue weighted by Gasteiger charge is -2.01. The summed E-state index contributed by atoms with van der Waals surface area (Å²) in [5.41, 5.74) is 7.32. The summed E-state index contributed by atoms with van der Waals surface area (Å²) in [7, 11) is 0. The Labute approximate surface area is 108 Å². The standard InChI is InChI=1S/C13H10FN5/c14-11-7-16-13(15)18-12(11)19-8-10(6-17-19)9-4-2-1-3-5-9/h1-8H,(H2,15,16,18). The molecule has 0 bridgehead atoms. The largest absolute Gasteiger partial charge is 0.368 e. The number of hydrogen-bond acceptors (Lipinski definition) is 4. The fraction of sp³-hybridized carbons (Fsp3) is 0. The zero-order valence-electron chi connectivity index (χ0n) is 9.86. The van der Waals surface area contributed by atoms with E-state index in [9.17, 15) is 4.39 Å². The molecule has 0 atom stereocenters. The van der Waals surface area contributed by atoms with Crippen molar-refractivity contribution in [2.75, 3.05) is 5.73 Å². The molecule has 0 aliphatic heterocycles. The van der Waals surface area contributed by atoms with E-state index in [2.05, 4.69) is 15.1 Å². The summed E-state index contributed by atoms with van der Waals surface area (Å²) in [6.45, 7) is 0. The number of nitrogens with two attached hydrogens (primary N) is 1. The van der Waals surface area contributed by atoms with Gasteiger partial charge in [-0.3, -0.25) is 0 Å². The first-order valence-corrected chi connectivity index (χ1v) is 5.62.